The molecule has 1 aromatic rings. The average molecular weight is 261 g/mol. The van der Waals surface area contributed by atoms with Crippen molar-refractivity contribution >= 4 is 23.3 Å². The number of hydrogen-bond acceptors (Lipinski definition) is 4. The van der Waals surface area contributed by atoms with Crippen LogP contribution in [0.5, 0.6) is 0 Å². The van der Waals surface area contributed by atoms with Gasteiger partial charge in [-0.05, 0) is 31.5 Å². The van der Waals surface area contributed by atoms with Crippen molar-refractivity contribution < 1.29 is 19.1 Å². The summed E-state index contributed by atoms with van der Waals surface area (Å²) in [5, 5.41) is 2.65. The van der Waals surface area contributed by atoms with Gasteiger partial charge >= 0.3 is 5.97 Å². The molecule has 1 N–H and O–H groups in total. The molecule has 0 aromatic heterocycles. The Labute approximate surface area is 110 Å². The molecule has 100 valence electrons. The van der Waals surface area contributed by atoms with Gasteiger partial charge in [0.1, 0.15) is 5.92 Å². The molecule has 0 bridgehead atoms. The van der Waals surface area contributed by atoms with Crippen LogP contribution in [-0.4, -0.2) is 24.3 Å². The normalized spacial score (nSPS) is 18.3. The number of nitrogens with one attached hydrogen (secondary N) is 1. The number of fused-ring (bicyclic) bond motifs is 1. The number of amides is 1. The van der Waals surface area contributed by atoms with Gasteiger partial charge in [0.2, 0.25) is 5.91 Å². The number of anilines is 1. The summed E-state index contributed by atoms with van der Waals surface area (Å²) in [6, 6.07) is 5.12. The first-order chi connectivity index (χ1) is 9.02. The number of esters is 1. The van der Waals surface area contributed by atoms with Crippen molar-refractivity contribution in [2.75, 3.05) is 11.9 Å². The first kappa shape index (κ1) is 13.3. The average Bonchev–Trinajstić information content (AvgIpc) is 2.46. The minimum absolute atomic E-state index is 0.175. The molecule has 1 atom stereocenters. The van der Waals surface area contributed by atoms with Crippen LogP contribution >= 0.6 is 0 Å². The lowest BCUT2D eigenvalue weighted by molar-refractivity contribution is -0.147. The van der Waals surface area contributed by atoms with Crippen LogP contribution in [0.15, 0.2) is 18.2 Å². The predicted octanol–water partition coefficient (Wildman–Crippen LogP) is 1.70. The van der Waals surface area contributed by atoms with Gasteiger partial charge in [-0.1, -0.05) is 6.07 Å². The summed E-state index contributed by atoms with van der Waals surface area (Å²) in [6.45, 7) is 3.71. The summed E-state index contributed by atoms with van der Waals surface area (Å²) in [6.07, 6.45) is -0.175. The van der Waals surface area contributed by atoms with Crippen molar-refractivity contribution in [1.82, 2.24) is 0 Å². The number of rotatable bonds is 2. The van der Waals surface area contributed by atoms with Gasteiger partial charge in [0.05, 0.1) is 12.3 Å². The van der Waals surface area contributed by atoms with E-state index < -0.39 is 11.9 Å². The quantitative estimate of drug-likeness (QED) is 0.649. The number of ether oxygens (including phenoxy) is 1. The van der Waals surface area contributed by atoms with Crippen LogP contribution in [0.2, 0.25) is 0 Å². The van der Waals surface area contributed by atoms with Gasteiger partial charge < -0.3 is 10.1 Å². The van der Waals surface area contributed by atoms with Crippen LogP contribution in [0.25, 0.3) is 0 Å². The third-order valence-electron chi connectivity index (χ3n) is 2.99. The molecule has 5 heteroatoms. The zero-order valence-electron chi connectivity index (χ0n) is 10.9. The SMILES string of the molecule is CCOC(=O)[C@H]1CC(=O)Nc2cc(C)ccc2C1=O. The lowest BCUT2D eigenvalue weighted by Crippen LogP contribution is -2.27. The second-order valence-corrected chi connectivity index (χ2v) is 4.47. The maximum absolute atomic E-state index is 12.3. The number of hydrogen-bond donors (Lipinski definition) is 1. The first-order valence-electron chi connectivity index (χ1n) is 6.14. The number of benzene rings is 1. The van der Waals surface area contributed by atoms with Gasteiger partial charge in [-0.2, -0.15) is 0 Å². The van der Waals surface area contributed by atoms with E-state index in [4.69, 9.17) is 4.74 Å². The van der Waals surface area contributed by atoms with E-state index in [-0.39, 0.29) is 24.7 Å². The van der Waals surface area contributed by atoms with E-state index in [2.05, 4.69) is 5.32 Å². The van der Waals surface area contributed by atoms with Crippen LogP contribution in [0.4, 0.5) is 5.69 Å². The Morgan fingerprint density at radius 2 is 2.16 bits per heavy atom. The fourth-order valence-electron chi connectivity index (χ4n) is 2.08. The van der Waals surface area contributed by atoms with E-state index in [1.54, 1.807) is 25.1 Å². The number of ketones is 1. The number of carbonyl (C=O) groups is 3. The van der Waals surface area contributed by atoms with Crippen molar-refractivity contribution in [2.45, 2.75) is 20.3 Å². The third kappa shape index (κ3) is 2.65. The Morgan fingerprint density at radius 1 is 1.42 bits per heavy atom. The monoisotopic (exact) mass is 261 g/mol. The van der Waals surface area contributed by atoms with E-state index in [9.17, 15) is 14.4 Å². The number of Topliss-reactive ketones (excluding diaryl/α,β-unsaturated/α-hetero) is 1. The molecule has 1 aromatic carbocycles. The fourth-order valence-corrected chi connectivity index (χ4v) is 2.08. The zero-order chi connectivity index (χ0) is 14.0. The molecule has 1 aliphatic heterocycles. The number of aryl methyl sites for hydroxylation is 1. The molecular formula is C14H15NO4. The maximum Gasteiger partial charge on any atom is 0.317 e. The minimum Gasteiger partial charge on any atom is -0.465 e. The molecule has 0 unspecified atom stereocenters. The summed E-state index contributed by atoms with van der Waals surface area (Å²) < 4.78 is 4.85. The van der Waals surface area contributed by atoms with Gasteiger partial charge in [0.25, 0.3) is 0 Å². The van der Waals surface area contributed by atoms with Gasteiger partial charge in [0.15, 0.2) is 5.78 Å². The van der Waals surface area contributed by atoms with Crippen molar-refractivity contribution in [3.05, 3.63) is 29.3 Å². The molecule has 19 heavy (non-hydrogen) atoms. The molecule has 0 saturated carbocycles. The summed E-state index contributed by atoms with van der Waals surface area (Å²) in [7, 11) is 0. The molecular weight excluding hydrogens is 246 g/mol. The summed E-state index contributed by atoms with van der Waals surface area (Å²) in [5.74, 6) is -2.41. The Balaban J connectivity index is 2.41. The summed E-state index contributed by atoms with van der Waals surface area (Å²) in [4.78, 5) is 35.8. The van der Waals surface area contributed by atoms with Crippen LogP contribution in [0, 0.1) is 12.8 Å². The molecule has 0 spiro atoms. The Hall–Kier alpha value is -2.17. The van der Waals surface area contributed by atoms with E-state index in [0.29, 0.717) is 11.3 Å². The summed E-state index contributed by atoms with van der Waals surface area (Å²) >= 11 is 0. The molecule has 0 aliphatic carbocycles. The van der Waals surface area contributed by atoms with Gasteiger partial charge in [-0.15, -0.1) is 0 Å². The highest BCUT2D eigenvalue weighted by molar-refractivity contribution is 6.17. The molecule has 0 saturated heterocycles. The van der Waals surface area contributed by atoms with Crippen LogP contribution < -0.4 is 5.32 Å². The van der Waals surface area contributed by atoms with E-state index in [0.717, 1.165) is 5.56 Å². The van der Waals surface area contributed by atoms with E-state index in [1.807, 2.05) is 6.92 Å². The van der Waals surface area contributed by atoms with Crippen molar-refractivity contribution in [3.8, 4) is 0 Å². The summed E-state index contributed by atoms with van der Waals surface area (Å²) in [5.41, 5.74) is 1.75. The van der Waals surface area contributed by atoms with Crippen molar-refractivity contribution in [1.29, 1.82) is 0 Å². The van der Waals surface area contributed by atoms with E-state index in [1.165, 1.54) is 0 Å². The molecule has 5 nitrogen and oxygen atoms in total. The van der Waals surface area contributed by atoms with Crippen LogP contribution in [0.3, 0.4) is 0 Å². The molecule has 0 radical (unpaired) electrons. The van der Waals surface area contributed by atoms with Crippen molar-refractivity contribution in [2.24, 2.45) is 5.92 Å². The standard InChI is InChI=1S/C14H15NO4/c1-3-19-14(18)10-7-12(16)15-11-6-8(2)4-5-9(11)13(10)17/h4-6,10H,3,7H2,1-2H3,(H,15,16)/t10-/m0/s1. The maximum atomic E-state index is 12.3. The lowest BCUT2D eigenvalue weighted by Gasteiger charge is -2.11. The fraction of sp³-hybridized carbons (Fsp3) is 0.357. The zero-order valence-corrected chi connectivity index (χ0v) is 10.9. The van der Waals surface area contributed by atoms with Crippen LogP contribution in [0.1, 0.15) is 29.3 Å². The van der Waals surface area contributed by atoms with Gasteiger partial charge in [-0.25, -0.2) is 0 Å². The largest absolute Gasteiger partial charge is 0.465 e. The highest BCUT2D eigenvalue weighted by Crippen LogP contribution is 2.27. The molecule has 1 aliphatic rings. The second-order valence-electron chi connectivity index (χ2n) is 4.47. The lowest BCUT2D eigenvalue weighted by atomic mass is 9.94. The van der Waals surface area contributed by atoms with Gasteiger partial charge in [-0.3, -0.25) is 14.4 Å². The topological polar surface area (TPSA) is 72.5 Å². The Kier molecular flexibility index (Phi) is 3.64. The smallest absolute Gasteiger partial charge is 0.317 e. The molecule has 2 rings (SSSR count). The van der Waals surface area contributed by atoms with Gasteiger partial charge in [0, 0.05) is 12.0 Å². The first-order valence-corrected chi connectivity index (χ1v) is 6.14. The third-order valence-corrected chi connectivity index (χ3v) is 2.99. The highest BCUT2D eigenvalue weighted by atomic mass is 16.5. The number of carbonyl (C=O) groups excluding carboxylic acids is 3. The Bertz CT molecular complexity index is 550. The molecule has 1 amide bonds. The Morgan fingerprint density at radius 3 is 2.84 bits per heavy atom. The molecule has 0 fully saturated rings. The predicted molar refractivity (Wildman–Crippen MR) is 68.9 cm³/mol. The minimum atomic E-state index is -1.05. The van der Waals surface area contributed by atoms with E-state index >= 15 is 0 Å². The highest BCUT2D eigenvalue weighted by Gasteiger charge is 2.35. The van der Waals surface area contributed by atoms with Crippen molar-refractivity contribution in [3.63, 3.8) is 0 Å². The molecule has 1 heterocycles. The van der Waals surface area contributed by atoms with Crippen LogP contribution in [-0.2, 0) is 14.3 Å². The second kappa shape index (κ2) is 5.22.